The summed E-state index contributed by atoms with van der Waals surface area (Å²) in [5, 5.41) is 0. The molecule has 7 nitrogen and oxygen atoms in total. The molecule has 3 unspecified atom stereocenters. The molecule has 1 aliphatic carbocycles. The van der Waals surface area contributed by atoms with E-state index in [4.69, 9.17) is 18.9 Å². The van der Waals surface area contributed by atoms with Gasteiger partial charge >= 0.3 is 6.09 Å². The van der Waals surface area contributed by atoms with Crippen molar-refractivity contribution >= 4 is 6.09 Å². The van der Waals surface area contributed by atoms with Crippen LogP contribution >= 0.6 is 0 Å². The number of amides is 1. The van der Waals surface area contributed by atoms with Crippen LogP contribution in [0.25, 0.3) is 0 Å². The van der Waals surface area contributed by atoms with Gasteiger partial charge in [-0.3, -0.25) is 0 Å². The van der Waals surface area contributed by atoms with Gasteiger partial charge in [0, 0.05) is 39.2 Å². The van der Waals surface area contributed by atoms with Gasteiger partial charge in [0.25, 0.3) is 0 Å². The summed E-state index contributed by atoms with van der Waals surface area (Å²) in [6.45, 7) is 12.2. The van der Waals surface area contributed by atoms with Crippen LogP contribution in [0.4, 0.5) is 4.79 Å². The van der Waals surface area contributed by atoms with Crippen LogP contribution in [-0.4, -0.2) is 91.8 Å². The summed E-state index contributed by atoms with van der Waals surface area (Å²) in [4.78, 5) is 17.1. The smallest absolute Gasteiger partial charge is 0.410 e. The van der Waals surface area contributed by atoms with Crippen LogP contribution in [0.1, 0.15) is 59.3 Å². The molecule has 4 saturated heterocycles. The maximum Gasteiger partial charge on any atom is 0.410 e. The molecule has 33 heavy (non-hydrogen) atoms. The Bertz CT molecular complexity index is 758. The fourth-order valence-electron chi connectivity index (χ4n) is 6.36. The number of carbonyl (C=O) groups excluding carboxylic acids is 1. The highest BCUT2D eigenvalue weighted by Gasteiger charge is 2.68. The van der Waals surface area contributed by atoms with Crippen molar-refractivity contribution in [1.82, 2.24) is 9.80 Å². The van der Waals surface area contributed by atoms with Crippen LogP contribution in [0.5, 0.6) is 0 Å². The molecule has 1 amide bonds. The Morgan fingerprint density at radius 1 is 1.18 bits per heavy atom. The van der Waals surface area contributed by atoms with Gasteiger partial charge in [-0.2, -0.15) is 0 Å². The van der Waals surface area contributed by atoms with Gasteiger partial charge in [0.05, 0.1) is 30.0 Å². The molecular formula is C26H42N2O5. The molecule has 0 bridgehead atoms. The largest absolute Gasteiger partial charge is 0.446 e. The number of carbonyl (C=O) groups is 1. The van der Waals surface area contributed by atoms with E-state index in [9.17, 15) is 4.79 Å². The average molecular weight is 463 g/mol. The van der Waals surface area contributed by atoms with Crippen molar-refractivity contribution < 1.29 is 23.7 Å². The minimum atomic E-state index is -0.160. The van der Waals surface area contributed by atoms with E-state index in [0.717, 1.165) is 77.9 Å². The Kier molecular flexibility index (Phi) is 6.53. The maximum absolute atomic E-state index is 12.8. The summed E-state index contributed by atoms with van der Waals surface area (Å²) in [5.74, 6) is 0.892. The average Bonchev–Trinajstić information content (AvgIpc) is 3.61. The predicted molar refractivity (Wildman–Crippen MR) is 125 cm³/mol. The molecule has 5 aliphatic rings. The fraction of sp³-hybridized carbons (Fsp3) is 0.885. The van der Waals surface area contributed by atoms with E-state index < -0.39 is 0 Å². The molecule has 186 valence electrons. The highest BCUT2D eigenvalue weighted by molar-refractivity contribution is 5.68. The Morgan fingerprint density at radius 2 is 1.97 bits per heavy atom. The van der Waals surface area contributed by atoms with Gasteiger partial charge in [0.1, 0.15) is 6.10 Å². The first kappa shape index (κ1) is 23.6. The van der Waals surface area contributed by atoms with Gasteiger partial charge in [-0.1, -0.05) is 11.6 Å². The molecular weight excluding hydrogens is 420 g/mol. The predicted octanol–water partition coefficient (Wildman–Crippen LogP) is 3.62. The first-order valence-corrected chi connectivity index (χ1v) is 13.0. The number of nitrogens with zero attached hydrogens (tertiary/aromatic N) is 2. The third kappa shape index (κ3) is 4.97. The summed E-state index contributed by atoms with van der Waals surface area (Å²) in [6.07, 6.45) is 8.67. The number of hydrogen-bond acceptors (Lipinski definition) is 6. The summed E-state index contributed by atoms with van der Waals surface area (Å²) in [6, 6.07) is 0. The molecule has 0 aromatic heterocycles. The molecule has 5 rings (SSSR count). The van der Waals surface area contributed by atoms with Gasteiger partial charge in [-0.15, -0.1) is 0 Å². The van der Waals surface area contributed by atoms with E-state index in [2.05, 4.69) is 31.7 Å². The summed E-state index contributed by atoms with van der Waals surface area (Å²) in [5.41, 5.74) is 1.12. The van der Waals surface area contributed by atoms with Crippen molar-refractivity contribution in [3.05, 3.63) is 11.6 Å². The van der Waals surface area contributed by atoms with Crippen LogP contribution < -0.4 is 0 Å². The first-order valence-electron chi connectivity index (χ1n) is 13.0. The van der Waals surface area contributed by atoms with Gasteiger partial charge in [-0.25, -0.2) is 4.79 Å². The van der Waals surface area contributed by atoms with E-state index >= 15 is 0 Å². The van der Waals surface area contributed by atoms with Crippen LogP contribution in [0.2, 0.25) is 0 Å². The monoisotopic (exact) mass is 462 g/mol. The molecule has 1 spiro atoms. The van der Waals surface area contributed by atoms with Crippen LogP contribution in [-0.2, 0) is 18.9 Å². The van der Waals surface area contributed by atoms with Crippen molar-refractivity contribution in [2.45, 2.75) is 88.8 Å². The normalized spacial score (nSPS) is 40.5. The van der Waals surface area contributed by atoms with E-state index in [1.165, 1.54) is 5.57 Å². The second-order valence-electron chi connectivity index (χ2n) is 11.5. The molecule has 6 atom stereocenters. The number of rotatable bonds is 8. The van der Waals surface area contributed by atoms with Crippen molar-refractivity contribution in [2.75, 3.05) is 46.4 Å². The van der Waals surface area contributed by atoms with Gasteiger partial charge in [-0.05, 0) is 71.8 Å². The molecule has 0 N–H and O–H groups in total. The van der Waals surface area contributed by atoms with E-state index in [1.54, 1.807) is 7.11 Å². The summed E-state index contributed by atoms with van der Waals surface area (Å²) in [7, 11) is 1.80. The second kappa shape index (κ2) is 9.14. The zero-order valence-corrected chi connectivity index (χ0v) is 20.9. The van der Waals surface area contributed by atoms with E-state index in [-0.39, 0.29) is 29.5 Å². The molecule has 0 aromatic carbocycles. The highest BCUT2D eigenvalue weighted by atomic mass is 16.6. The number of likely N-dealkylation sites (tertiary alicyclic amines) is 2. The number of ether oxygens (including phenoxy) is 4. The number of methoxy groups -OCH3 is 1. The zero-order chi connectivity index (χ0) is 23.2. The second-order valence-corrected chi connectivity index (χ2v) is 11.5. The maximum atomic E-state index is 12.8. The lowest BCUT2D eigenvalue weighted by Gasteiger charge is -2.41. The molecule has 7 heteroatoms. The number of hydrogen-bond donors (Lipinski definition) is 0. The lowest BCUT2D eigenvalue weighted by atomic mass is 9.70. The molecule has 5 fully saturated rings. The van der Waals surface area contributed by atoms with Crippen molar-refractivity contribution in [1.29, 1.82) is 0 Å². The molecule has 4 heterocycles. The Labute approximate surface area is 198 Å². The molecule has 0 aromatic rings. The molecule has 1 saturated carbocycles. The van der Waals surface area contributed by atoms with Crippen LogP contribution in [0, 0.1) is 11.8 Å². The minimum absolute atomic E-state index is 0.0305. The lowest BCUT2D eigenvalue weighted by molar-refractivity contribution is -0.0232. The number of epoxide rings is 2. The topological polar surface area (TPSA) is 67.1 Å². The third-order valence-electron chi connectivity index (χ3n) is 8.85. The van der Waals surface area contributed by atoms with Gasteiger partial charge in [0.2, 0.25) is 0 Å². The number of allylic oxidation sites excluding steroid dienone is 1. The SMILES string of the molecule is CO[C@@H]1CCN(CCC2CN(C(=O)OC3CCC4(CO4)C([C@@]4(C)O[C@@H]4CC=C(C)C)C3)C2)C1. The van der Waals surface area contributed by atoms with Crippen molar-refractivity contribution in [3.63, 3.8) is 0 Å². The highest BCUT2D eigenvalue weighted by Crippen LogP contribution is 2.59. The standard InChI is InChI=1S/C26H42N2O5/c1-18(2)5-6-23-25(3,33-23)22-13-20(7-10-26(22)17-31-26)32-24(29)28-14-19(15-28)8-11-27-12-9-21(16-27)30-4/h5,19-23H,6-17H2,1-4H3/t20?,21-,22?,23-,25-,26?/m1/s1. The first-order chi connectivity index (χ1) is 15.8. The van der Waals surface area contributed by atoms with Crippen molar-refractivity contribution in [2.24, 2.45) is 11.8 Å². The van der Waals surface area contributed by atoms with E-state index in [0.29, 0.717) is 17.9 Å². The summed E-state index contributed by atoms with van der Waals surface area (Å²) < 4.78 is 23.6. The third-order valence-corrected chi connectivity index (χ3v) is 8.85. The Balaban J connectivity index is 1.06. The van der Waals surface area contributed by atoms with Crippen LogP contribution in [0.15, 0.2) is 11.6 Å². The van der Waals surface area contributed by atoms with E-state index in [1.807, 2.05) is 4.90 Å². The minimum Gasteiger partial charge on any atom is -0.446 e. The molecule has 4 aliphatic heterocycles. The Morgan fingerprint density at radius 3 is 2.64 bits per heavy atom. The van der Waals surface area contributed by atoms with Crippen LogP contribution in [0.3, 0.4) is 0 Å². The lowest BCUT2D eigenvalue weighted by Crippen LogP contribution is -2.52. The van der Waals surface area contributed by atoms with Crippen molar-refractivity contribution in [3.8, 4) is 0 Å². The fourth-order valence-corrected chi connectivity index (χ4v) is 6.36. The molecule has 0 radical (unpaired) electrons. The van der Waals surface area contributed by atoms with Gasteiger partial charge < -0.3 is 28.7 Å². The quantitative estimate of drug-likeness (QED) is 0.405. The van der Waals surface area contributed by atoms with Gasteiger partial charge in [0.15, 0.2) is 0 Å². The summed E-state index contributed by atoms with van der Waals surface area (Å²) >= 11 is 0. The Hall–Kier alpha value is -1.15. The zero-order valence-electron chi connectivity index (χ0n) is 20.9.